The van der Waals surface area contributed by atoms with Crippen molar-refractivity contribution in [2.45, 2.75) is 32.4 Å². The molecule has 0 unspecified atom stereocenters. The molecule has 0 spiro atoms. The van der Waals surface area contributed by atoms with Crippen molar-refractivity contribution in [3.05, 3.63) is 59.5 Å². The number of rotatable bonds is 2. The van der Waals surface area contributed by atoms with E-state index in [0.29, 0.717) is 41.2 Å². The van der Waals surface area contributed by atoms with E-state index in [4.69, 9.17) is 21.1 Å². The van der Waals surface area contributed by atoms with Crippen molar-refractivity contribution in [1.82, 2.24) is 9.88 Å². The Morgan fingerprint density at radius 1 is 1.10 bits per heavy atom. The average Bonchev–Trinajstić information content (AvgIpc) is 2.94. The molecule has 4 aromatic rings. The predicted molar refractivity (Wildman–Crippen MR) is 159 cm³/mol. The van der Waals surface area contributed by atoms with Crippen LogP contribution in [0.2, 0.25) is 5.02 Å². The van der Waals surface area contributed by atoms with Gasteiger partial charge >= 0.3 is 6.09 Å². The molecule has 1 atom stereocenters. The molecule has 10 heteroatoms. The van der Waals surface area contributed by atoms with Crippen molar-refractivity contribution in [1.29, 1.82) is 0 Å². The van der Waals surface area contributed by atoms with E-state index in [-0.39, 0.29) is 28.6 Å². The van der Waals surface area contributed by atoms with Gasteiger partial charge in [-0.15, -0.1) is 0 Å². The van der Waals surface area contributed by atoms with Gasteiger partial charge in [-0.05, 0) is 43.7 Å². The average molecular weight is 577 g/mol. The van der Waals surface area contributed by atoms with Crippen molar-refractivity contribution in [3.63, 3.8) is 0 Å². The Balaban J connectivity index is 1.50. The van der Waals surface area contributed by atoms with Gasteiger partial charge in [0.05, 0.1) is 36.2 Å². The molecule has 0 radical (unpaired) electrons. The van der Waals surface area contributed by atoms with Gasteiger partial charge in [0, 0.05) is 36.7 Å². The highest BCUT2D eigenvalue weighted by Crippen LogP contribution is 2.48. The predicted octanol–water partition coefficient (Wildman–Crippen LogP) is 6.26. The Hall–Kier alpha value is -4.11. The second-order valence-corrected chi connectivity index (χ2v) is 11.7. The molecule has 0 N–H and O–H groups in total. The lowest BCUT2D eigenvalue weighted by Gasteiger charge is -2.47. The zero-order valence-electron chi connectivity index (χ0n) is 23.5. The first-order valence-electron chi connectivity index (χ1n) is 13.4. The van der Waals surface area contributed by atoms with Crippen LogP contribution in [-0.4, -0.2) is 67.3 Å². The van der Waals surface area contributed by atoms with Crippen molar-refractivity contribution < 1.29 is 23.5 Å². The van der Waals surface area contributed by atoms with E-state index < -0.39 is 23.6 Å². The number of carbonyl (C=O) groups is 2. The molecule has 41 heavy (non-hydrogen) atoms. The summed E-state index contributed by atoms with van der Waals surface area (Å²) in [5, 5.41) is 2.41. The molecule has 6 rings (SSSR count). The number of likely N-dealkylation sites (N-methyl/N-ethyl adjacent to an activating group) is 1. The number of piperazine rings is 1. The van der Waals surface area contributed by atoms with Crippen molar-refractivity contribution in [2.24, 2.45) is 0 Å². The normalized spacial score (nSPS) is 17.1. The number of hydrogen-bond donors (Lipinski definition) is 0. The first-order valence-corrected chi connectivity index (χ1v) is 13.8. The van der Waals surface area contributed by atoms with E-state index in [1.165, 1.54) is 11.1 Å². The largest absolute Gasteiger partial charge is 0.496 e. The summed E-state index contributed by atoms with van der Waals surface area (Å²) >= 11 is 6.89. The zero-order chi connectivity index (χ0) is 29.2. The minimum absolute atomic E-state index is 0.134. The van der Waals surface area contributed by atoms with Crippen molar-refractivity contribution in [3.8, 4) is 16.9 Å². The standard InChI is InChI=1S/C31H30ClFN4O4/c1-31(2,3)41-30(39)36-12-13-37-22(16-36)29(38)35(4)21-15-34-27-19(28(21)37)14-20(32)25(26(27)33)24-18-9-7-6-8-17(18)10-11-23(24)40-5/h6-11,14-15,22H,12-13,16H2,1-5H3/t22-/m1/s1. The summed E-state index contributed by atoms with van der Waals surface area (Å²) in [6.45, 7) is 6.24. The third-order valence-corrected chi connectivity index (χ3v) is 7.96. The molecule has 2 aliphatic heterocycles. The van der Waals surface area contributed by atoms with E-state index in [0.717, 1.165) is 10.8 Å². The van der Waals surface area contributed by atoms with E-state index in [9.17, 15) is 9.59 Å². The number of hydrogen-bond acceptors (Lipinski definition) is 6. The van der Waals surface area contributed by atoms with Crippen LogP contribution in [0.4, 0.5) is 20.6 Å². The molecule has 0 bridgehead atoms. The molecular weight excluding hydrogens is 547 g/mol. The number of anilines is 2. The fourth-order valence-corrected chi connectivity index (χ4v) is 6.08. The number of benzene rings is 3. The SMILES string of the molecule is COc1ccc2ccccc2c1-c1c(Cl)cc2c3c(cnc2c1F)N(C)C(=O)[C@H]1CN(C(=O)OC(C)(C)C)CCN31. The maximum atomic E-state index is 16.6. The van der Waals surface area contributed by atoms with Crippen LogP contribution in [0.25, 0.3) is 32.8 Å². The van der Waals surface area contributed by atoms with E-state index in [1.807, 2.05) is 35.2 Å². The van der Waals surface area contributed by atoms with Crippen molar-refractivity contribution >= 4 is 56.7 Å². The minimum atomic E-state index is -0.668. The van der Waals surface area contributed by atoms with Crippen molar-refractivity contribution in [2.75, 3.05) is 43.6 Å². The summed E-state index contributed by atoms with van der Waals surface area (Å²) < 4.78 is 27.8. The third-order valence-electron chi connectivity index (χ3n) is 7.66. The molecule has 8 nitrogen and oxygen atoms in total. The number of fused-ring (bicyclic) bond motifs is 6. The number of ether oxygens (including phenoxy) is 2. The van der Waals surface area contributed by atoms with Gasteiger partial charge < -0.3 is 24.2 Å². The molecular formula is C31H30ClFN4O4. The number of pyridine rings is 1. The highest BCUT2D eigenvalue weighted by atomic mass is 35.5. The molecule has 212 valence electrons. The minimum Gasteiger partial charge on any atom is -0.496 e. The van der Waals surface area contributed by atoms with Crippen LogP contribution in [0.3, 0.4) is 0 Å². The lowest BCUT2D eigenvalue weighted by Crippen LogP contribution is -2.63. The number of methoxy groups -OCH3 is 1. The lowest BCUT2D eigenvalue weighted by atomic mass is 9.94. The summed E-state index contributed by atoms with van der Waals surface area (Å²) in [6.07, 6.45) is 1.05. The van der Waals surface area contributed by atoms with Gasteiger partial charge in [0.2, 0.25) is 0 Å². The summed E-state index contributed by atoms with van der Waals surface area (Å²) in [5.74, 6) is -0.269. The quantitative estimate of drug-likeness (QED) is 0.280. The number of carbonyl (C=O) groups excluding carboxylic acids is 2. The van der Waals surface area contributed by atoms with Crippen LogP contribution in [0.15, 0.2) is 48.7 Å². The number of nitrogens with zero attached hydrogens (tertiary/aromatic N) is 4. The third kappa shape index (κ3) is 4.39. The monoisotopic (exact) mass is 576 g/mol. The van der Waals surface area contributed by atoms with Gasteiger partial charge in [0.1, 0.15) is 22.9 Å². The van der Waals surface area contributed by atoms with Crippen LogP contribution >= 0.6 is 11.6 Å². The fourth-order valence-electron chi connectivity index (χ4n) is 5.79. The molecule has 3 heterocycles. The Bertz CT molecular complexity index is 1740. The van der Waals surface area contributed by atoms with Gasteiger partial charge in [-0.1, -0.05) is 41.9 Å². The highest BCUT2D eigenvalue weighted by molar-refractivity contribution is 6.35. The fraction of sp³-hybridized carbons (Fsp3) is 0.323. The molecule has 2 amide bonds. The molecule has 3 aromatic carbocycles. The molecule has 2 aliphatic rings. The first kappa shape index (κ1) is 27.1. The van der Waals surface area contributed by atoms with Gasteiger partial charge in [0.15, 0.2) is 5.82 Å². The Kier molecular flexibility index (Phi) is 6.45. The number of amides is 2. The second kappa shape index (κ2) is 9.76. The maximum Gasteiger partial charge on any atom is 0.410 e. The van der Waals surface area contributed by atoms with Gasteiger partial charge in [-0.25, -0.2) is 9.18 Å². The topological polar surface area (TPSA) is 75.2 Å². The van der Waals surface area contributed by atoms with E-state index in [2.05, 4.69) is 4.98 Å². The molecule has 1 fully saturated rings. The van der Waals surface area contributed by atoms with Crippen LogP contribution in [0, 0.1) is 5.82 Å². The molecule has 1 saturated heterocycles. The molecule has 0 aliphatic carbocycles. The summed E-state index contributed by atoms with van der Waals surface area (Å²) in [7, 11) is 3.20. The smallest absolute Gasteiger partial charge is 0.410 e. The van der Waals surface area contributed by atoms with Gasteiger partial charge in [-0.2, -0.15) is 0 Å². The molecule has 1 aromatic heterocycles. The van der Waals surface area contributed by atoms with E-state index >= 15 is 4.39 Å². The number of aromatic nitrogens is 1. The van der Waals surface area contributed by atoms with Crippen LogP contribution in [-0.2, 0) is 9.53 Å². The van der Waals surface area contributed by atoms with Crippen LogP contribution < -0.4 is 14.5 Å². The Morgan fingerprint density at radius 3 is 2.59 bits per heavy atom. The lowest BCUT2D eigenvalue weighted by molar-refractivity contribution is -0.120. The zero-order valence-corrected chi connectivity index (χ0v) is 24.3. The first-order chi connectivity index (χ1) is 19.5. The Morgan fingerprint density at radius 2 is 1.85 bits per heavy atom. The summed E-state index contributed by atoms with van der Waals surface area (Å²) in [5.41, 5.74) is 1.43. The number of halogens is 2. The maximum absolute atomic E-state index is 16.6. The van der Waals surface area contributed by atoms with Crippen LogP contribution in [0.5, 0.6) is 5.75 Å². The second-order valence-electron chi connectivity index (χ2n) is 11.3. The summed E-state index contributed by atoms with van der Waals surface area (Å²) in [6, 6.07) is 12.4. The van der Waals surface area contributed by atoms with Gasteiger partial charge in [-0.3, -0.25) is 9.78 Å². The highest BCUT2D eigenvalue weighted by Gasteiger charge is 2.43. The van der Waals surface area contributed by atoms with E-state index in [1.54, 1.807) is 52.0 Å². The van der Waals surface area contributed by atoms with Crippen LogP contribution in [0.1, 0.15) is 20.8 Å². The summed E-state index contributed by atoms with van der Waals surface area (Å²) in [4.78, 5) is 35.7. The Labute approximate surface area is 242 Å². The molecule has 0 saturated carbocycles. The van der Waals surface area contributed by atoms with Gasteiger partial charge in [0.25, 0.3) is 5.91 Å².